The molecule has 0 heterocycles. The highest BCUT2D eigenvalue weighted by atomic mass is 31.1. The van der Waals surface area contributed by atoms with Crippen LogP contribution in [0.4, 0.5) is 5.69 Å². The summed E-state index contributed by atoms with van der Waals surface area (Å²) in [5, 5.41) is 12.7. The fraction of sp³-hybridized carbons (Fsp3) is 0. The minimum atomic E-state index is -0.328. The van der Waals surface area contributed by atoms with E-state index in [0.29, 0.717) is 8.58 Å². The Kier molecular flexibility index (Phi) is 3.28. The summed E-state index contributed by atoms with van der Waals surface area (Å²) in [5.74, 6) is 0. The molecular formula is C12H10NO2P. The van der Waals surface area contributed by atoms with Crippen LogP contribution in [0.1, 0.15) is 0 Å². The molecule has 0 amide bonds. The Morgan fingerprint density at radius 1 is 0.938 bits per heavy atom. The molecule has 80 valence electrons. The molecule has 3 nitrogen and oxygen atoms in total. The van der Waals surface area contributed by atoms with Gasteiger partial charge in [0.05, 0.1) is 10.2 Å². The topological polar surface area (TPSA) is 43.1 Å². The van der Waals surface area contributed by atoms with Gasteiger partial charge in [0, 0.05) is 6.07 Å². The predicted molar refractivity (Wildman–Crippen MR) is 67.1 cm³/mol. The number of hydrogen-bond donors (Lipinski definition) is 0. The SMILES string of the molecule is O=[N+]([O-])c1ccccc1Pc1ccccc1. The van der Waals surface area contributed by atoms with Gasteiger partial charge in [-0.15, -0.1) is 0 Å². The van der Waals surface area contributed by atoms with Crippen LogP contribution in [0.3, 0.4) is 0 Å². The predicted octanol–water partition coefficient (Wildman–Crippen LogP) is 2.22. The van der Waals surface area contributed by atoms with E-state index in [0.717, 1.165) is 10.6 Å². The lowest BCUT2D eigenvalue weighted by molar-refractivity contribution is -0.383. The monoisotopic (exact) mass is 231 g/mol. The van der Waals surface area contributed by atoms with E-state index >= 15 is 0 Å². The maximum absolute atomic E-state index is 10.8. The lowest BCUT2D eigenvalue weighted by Gasteiger charge is -2.02. The van der Waals surface area contributed by atoms with Crippen LogP contribution in [-0.2, 0) is 0 Å². The van der Waals surface area contributed by atoms with E-state index in [9.17, 15) is 10.1 Å². The first kappa shape index (κ1) is 10.8. The van der Waals surface area contributed by atoms with Gasteiger partial charge in [-0.1, -0.05) is 51.0 Å². The number of para-hydroxylation sites is 1. The average Bonchev–Trinajstić information content (AvgIpc) is 2.31. The van der Waals surface area contributed by atoms with Gasteiger partial charge in [0.2, 0.25) is 0 Å². The lowest BCUT2D eigenvalue weighted by Crippen LogP contribution is -2.07. The Bertz CT molecular complexity index is 499. The van der Waals surface area contributed by atoms with Crippen LogP contribution in [0.15, 0.2) is 54.6 Å². The molecule has 0 bridgehead atoms. The molecule has 0 aliphatic heterocycles. The maximum Gasteiger partial charge on any atom is 0.277 e. The Hall–Kier alpha value is -1.73. The molecule has 0 aliphatic carbocycles. The number of nitro groups is 1. The summed E-state index contributed by atoms with van der Waals surface area (Å²) >= 11 is 0. The van der Waals surface area contributed by atoms with Crippen molar-refractivity contribution >= 4 is 24.9 Å². The molecule has 0 radical (unpaired) electrons. The first-order valence-electron chi connectivity index (χ1n) is 4.83. The van der Waals surface area contributed by atoms with Crippen molar-refractivity contribution in [3.63, 3.8) is 0 Å². The molecule has 0 spiro atoms. The molecule has 0 fully saturated rings. The fourth-order valence-electron chi connectivity index (χ4n) is 1.42. The van der Waals surface area contributed by atoms with E-state index in [2.05, 4.69) is 0 Å². The summed E-state index contributed by atoms with van der Waals surface area (Å²) in [6.07, 6.45) is 0. The van der Waals surface area contributed by atoms with Crippen LogP contribution in [0, 0.1) is 10.1 Å². The molecule has 0 N–H and O–H groups in total. The van der Waals surface area contributed by atoms with Crippen molar-refractivity contribution in [2.24, 2.45) is 0 Å². The van der Waals surface area contributed by atoms with Crippen LogP contribution in [-0.4, -0.2) is 4.92 Å². The van der Waals surface area contributed by atoms with Crippen molar-refractivity contribution in [3.05, 3.63) is 64.7 Å². The average molecular weight is 231 g/mol. The molecule has 0 aromatic heterocycles. The zero-order valence-electron chi connectivity index (χ0n) is 8.46. The lowest BCUT2D eigenvalue weighted by atomic mass is 10.3. The van der Waals surface area contributed by atoms with Gasteiger partial charge >= 0.3 is 0 Å². The minimum absolute atomic E-state index is 0.199. The van der Waals surface area contributed by atoms with Crippen molar-refractivity contribution in [1.82, 2.24) is 0 Å². The van der Waals surface area contributed by atoms with Gasteiger partial charge in [-0.2, -0.15) is 0 Å². The Morgan fingerprint density at radius 3 is 2.25 bits per heavy atom. The van der Waals surface area contributed by atoms with Gasteiger partial charge in [0.1, 0.15) is 0 Å². The number of nitrogens with zero attached hydrogens (tertiary/aromatic N) is 1. The van der Waals surface area contributed by atoms with Crippen molar-refractivity contribution < 1.29 is 4.92 Å². The summed E-state index contributed by atoms with van der Waals surface area (Å²) in [6, 6.07) is 16.7. The standard InChI is InChI=1S/C12H10NO2P/c14-13(15)11-8-4-5-9-12(11)16-10-6-2-1-3-7-10/h1-9,16H. The van der Waals surface area contributed by atoms with E-state index in [1.807, 2.05) is 42.5 Å². The van der Waals surface area contributed by atoms with E-state index in [4.69, 9.17) is 0 Å². The van der Waals surface area contributed by atoms with Crippen molar-refractivity contribution in [3.8, 4) is 0 Å². The van der Waals surface area contributed by atoms with Gasteiger partial charge in [-0.25, -0.2) is 0 Å². The summed E-state index contributed by atoms with van der Waals surface area (Å²) in [5.41, 5.74) is 0.199. The molecule has 4 heteroatoms. The van der Waals surface area contributed by atoms with Crippen molar-refractivity contribution in [2.75, 3.05) is 0 Å². The van der Waals surface area contributed by atoms with Crippen LogP contribution >= 0.6 is 8.58 Å². The van der Waals surface area contributed by atoms with Crippen LogP contribution in [0.5, 0.6) is 0 Å². The highest BCUT2D eigenvalue weighted by molar-refractivity contribution is 7.55. The fourth-order valence-corrected chi connectivity index (χ4v) is 2.57. The van der Waals surface area contributed by atoms with Gasteiger partial charge in [0.15, 0.2) is 0 Å². The number of rotatable bonds is 3. The normalized spacial score (nSPS) is 10.8. The molecule has 2 rings (SSSR count). The second-order valence-electron chi connectivity index (χ2n) is 3.27. The van der Waals surface area contributed by atoms with Crippen LogP contribution in [0.2, 0.25) is 0 Å². The first-order chi connectivity index (χ1) is 7.77. The van der Waals surface area contributed by atoms with E-state index in [-0.39, 0.29) is 10.6 Å². The third-order valence-electron chi connectivity index (χ3n) is 2.15. The zero-order chi connectivity index (χ0) is 11.4. The Morgan fingerprint density at radius 2 is 1.56 bits per heavy atom. The molecule has 0 saturated carbocycles. The van der Waals surface area contributed by atoms with Crippen molar-refractivity contribution in [1.29, 1.82) is 0 Å². The molecule has 1 unspecified atom stereocenters. The number of hydrogen-bond acceptors (Lipinski definition) is 2. The third-order valence-corrected chi connectivity index (χ3v) is 3.47. The molecule has 2 aromatic rings. The summed E-state index contributed by atoms with van der Waals surface area (Å²) in [4.78, 5) is 10.5. The molecule has 0 saturated heterocycles. The summed E-state index contributed by atoms with van der Waals surface area (Å²) < 4.78 is 0. The quantitative estimate of drug-likeness (QED) is 0.462. The van der Waals surface area contributed by atoms with Gasteiger partial charge in [-0.05, 0) is 11.4 Å². The minimum Gasteiger partial charge on any atom is -0.258 e. The Labute approximate surface area is 95.1 Å². The molecule has 16 heavy (non-hydrogen) atoms. The smallest absolute Gasteiger partial charge is 0.258 e. The molecule has 1 atom stereocenters. The van der Waals surface area contributed by atoms with E-state index < -0.39 is 0 Å². The highest BCUT2D eigenvalue weighted by Crippen LogP contribution is 2.18. The van der Waals surface area contributed by atoms with Gasteiger partial charge in [-0.3, -0.25) is 10.1 Å². The number of nitro benzene ring substituents is 1. The van der Waals surface area contributed by atoms with Crippen molar-refractivity contribution in [2.45, 2.75) is 0 Å². The molecule has 2 aromatic carbocycles. The third kappa shape index (κ3) is 2.44. The van der Waals surface area contributed by atoms with E-state index in [1.54, 1.807) is 12.1 Å². The second kappa shape index (κ2) is 4.86. The van der Waals surface area contributed by atoms with Gasteiger partial charge < -0.3 is 0 Å². The van der Waals surface area contributed by atoms with Crippen LogP contribution < -0.4 is 10.6 Å². The highest BCUT2D eigenvalue weighted by Gasteiger charge is 2.11. The summed E-state index contributed by atoms with van der Waals surface area (Å²) in [7, 11) is 0.327. The maximum atomic E-state index is 10.8. The molecular weight excluding hydrogens is 221 g/mol. The van der Waals surface area contributed by atoms with Gasteiger partial charge in [0.25, 0.3) is 5.69 Å². The Balaban J connectivity index is 2.31. The zero-order valence-corrected chi connectivity index (χ0v) is 9.46. The first-order valence-corrected chi connectivity index (χ1v) is 5.83. The largest absolute Gasteiger partial charge is 0.277 e. The molecule has 0 aliphatic rings. The second-order valence-corrected chi connectivity index (χ2v) is 4.63. The van der Waals surface area contributed by atoms with Crippen LogP contribution in [0.25, 0.3) is 0 Å². The van der Waals surface area contributed by atoms with E-state index in [1.165, 1.54) is 0 Å². The number of benzene rings is 2. The summed E-state index contributed by atoms with van der Waals surface area (Å²) in [6.45, 7) is 0.